The van der Waals surface area contributed by atoms with Gasteiger partial charge in [0.25, 0.3) is 11.5 Å². The lowest BCUT2D eigenvalue weighted by Crippen LogP contribution is -2.29. The average Bonchev–Trinajstić information content (AvgIpc) is 2.62. The molecule has 0 aliphatic carbocycles. The van der Waals surface area contributed by atoms with Gasteiger partial charge in [-0.3, -0.25) is 9.59 Å². The summed E-state index contributed by atoms with van der Waals surface area (Å²) >= 11 is 0. The van der Waals surface area contributed by atoms with E-state index in [4.69, 9.17) is 0 Å². The van der Waals surface area contributed by atoms with E-state index in [1.54, 1.807) is 30.3 Å². The van der Waals surface area contributed by atoms with Crippen LogP contribution in [0.2, 0.25) is 0 Å². The van der Waals surface area contributed by atoms with Gasteiger partial charge >= 0.3 is 0 Å². The number of carbonyl (C=O) groups is 1. The molecule has 1 heterocycles. The molecule has 0 radical (unpaired) electrons. The number of carbonyl (C=O) groups excluding carboxylic acids is 1. The first kappa shape index (κ1) is 17.5. The van der Waals surface area contributed by atoms with E-state index in [0.717, 1.165) is 11.1 Å². The number of benzene rings is 2. The van der Waals surface area contributed by atoms with Crippen LogP contribution in [0.3, 0.4) is 0 Å². The van der Waals surface area contributed by atoms with Crippen molar-refractivity contribution >= 4 is 22.5 Å². The molecule has 5 nitrogen and oxygen atoms in total. The number of allylic oxidation sites excluding steroid dienone is 1. The summed E-state index contributed by atoms with van der Waals surface area (Å²) in [6.07, 6.45) is 1.58. The van der Waals surface area contributed by atoms with E-state index < -0.39 is 11.5 Å². The lowest BCUT2D eigenvalue weighted by molar-refractivity contribution is 0.102. The minimum Gasteiger partial charge on any atom is -0.506 e. The summed E-state index contributed by atoms with van der Waals surface area (Å²) in [4.78, 5) is 25.7. The van der Waals surface area contributed by atoms with E-state index >= 15 is 0 Å². The Kier molecular flexibility index (Phi) is 4.63. The zero-order valence-electron chi connectivity index (χ0n) is 14.7. The Morgan fingerprint density at radius 3 is 2.46 bits per heavy atom. The van der Waals surface area contributed by atoms with Crippen LogP contribution >= 0.6 is 0 Å². The van der Waals surface area contributed by atoms with E-state index in [9.17, 15) is 14.7 Å². The number of anilines is 1. The third-order valence-electron chi connectivity index (χ3n) is 4.40. The lowest BCUT2D eigenvalue weighted by atomic mass is 10.1. The maximum Gasteiger partial charge on any atom is 0.268 e. The summed E-state index contributed by atoms with van der Waals surface area (Å²) in [5, 5.41) is 13.8. The highest BCUT2D eigenvalue weighted by Gasteiger charge is 2.22. The Morgan fingerprint density at radius 1 is 1.15 bits per heavy atom. The molecule has 2 N–H and O–H groups in total. The lowest BCUT2D eigenvalue weighted by Gasteiger charge is -2.15. The second-order valence-electron chi connectivity index (χ2n) is 6.17. The minimum absolute atomic E-state index is 0.239. The molecular formula is C21H20N2O3. The number of aromatic nitrogens is 1. The number of fused-ring (bicyclic) bond motifs is 1. The maximum atomic E-state index is 12.9. The van der Waals surface area contributed by atoms with Crippen molar-refractivity contribution in [3.8, 4) is 5.75 Å². The van der Waals surface area contributed by atoms with Gasteiger partial charge in [-0.25, -0.2) is 0 Å². The minimum atomic E-state index is -0.631. The van der Waals surface area contributed by atoms with Crippen LogP contribution < -0.4 is 10.9 Å². The van der Waals surface area contributed by atoms with Gasteiger partial charge in [-0.05, 0) is 37.1 Å². The molecule has 3 aromatic rings. The smallest absolute Gasteiger partial charge is 0.268 e. The molecule has 3 rings (SSSR count). The number of para-hydroxylation sites is 2. The highest BCUT2D eigenvalue weighted by molar-refractivity contribution is 6.09. The summed E-state index contributed by atoms with van der Waals surface area (Å²) < 4.78 is 1.43. The van der Waals surface area contributed by atoms with Gasteiger partial charge < -0.3 is 15.0 Å². The molecule has 132 valence electrons. The van der Waals surface area contributed by atoms with Crippen molar-refractivity contribution in [2.75, 3.05) is 5.32 Å². The van der Waals surface area contributed by atoms with E-state index in [1.807, 2.05) is 32.0 Å². The number of hydrogen-bond donors (Lipinski definition) is 2. The van der Waals surface area contributed by atoms with Crippen molar-refractivity contribution in [1.29, 1.82) is 0 Å². The Bertz CT molecular complexity index is 1060. The number of nitrogens with one attached hydrogen (secondary N) is 1. The van der Waals surface area contributed by atoms with Crippen LogP contribution in [0.25, 0.3) is 10.9 Å². The van der Waals surface area contributed by atoms with Crippen LogP contribution in [0.15, 0.2) is 59.9 Å². The molecule has 0 bridgehead atoms. The zero-order chi connectivity index (χ0) is 18.8. The number of rotatable bonds is 4. The fraction of sp³-hybridized carbons (Fsp3) is 0.143. The number of aromatic hydroxyl groups is 1. The molecule has 0 aliphatic rings. The zero-order valence-corrected chi connectivity index (χ0v) is 14.7. The highest BCUT2D eigenvalue weighted by atomic mass is 16.3. The van der Waals surface area contributed by atoms with Crippen molar-refractivity contribution in [2.45, 2.75) is 20.4 Å². The number of hydrogen-bond acceptors (Lipinski definition) is 3. The number of pyridine rings is 1. The molecule has 0 unspecified atom stereocenters. The predicted octanol–water partition coefficient (Wildman–Crippen LogP) is 3.76. The predicted molar refractivity (Wildman–Crippen MR) is 104 cm³/mol. The fourth-order valence-electron chi connectivity index (χ4n) is 3.09. The van der Waals surface area contributed by atoms with Crippen LogP contribution in [0.4, 0.5) is 5.69 Å². The van der Waals surface area contributed by atoms with Gasteiger partial charge in [-0.1, -0.05) is 36.4 Å². The molecule has 1 aromatic heterocycles. The van der Waals surface area contributed by atoms with Gasteiger partial charge in [0.15, 0.2) is 0 Å². The Morgan fingerprint density at radius 2 is 1.81 bits per heavy atom. The first-order valence-electron chi connectivity index (χ1n) is 8.28. The largest absolute Gasteiger partial charge is 0.506 e. The number of amides is 1. The molecule has 2 aromatic carbocycles. The quantitative estimate of drug-likeness (QED) is 0.705. The van der Waals surface area contributed by atoms with Gasteiger partial charge in [0.05, 0.1) is 5.52 Å². The van der Waals surface area contributed by atoms with E-state index in [2.05, 4.69) is 11.9 Å². The van der Waals surface area contributed by atoms with Gasteiger partial charge in [0.1, 0.15) is 11.3 Å². The van der Waals surface area contributed by atoms with Crippen molar-refractivity contribution in [3.05, 3.63) is 82.2 Å². The van der Waals surface area contributed by atoms with Crippen molar-refractivity contribution in [1.82, 2.24) is 4.57 Å². The summed E-state index contributed by atoms with van der Waals surface area (Å²) in [6, 6.07) is 12.6. The second-order valence-corrected chi connectivity index (χ2v) is 6.17. The van der Waals surface area contributed by atoms with Crippen LogP contribution in [0.5, 0.6) is 5.75 Å². The van der Waals surface area contributed by atoms with E-state index in [0.29, 0.717) is 16.6 Å². The van der Waals surface area contributed by atoms with Crippen LogP contribution in [0.1, 0.15) is 21.5 Å². The van der Waals surface area contributed by atoms with Gasteiger partial charge in [-0.2, -0.15) is 0 Å². The van der Waals surface area contributed by atoms with Gasteiger partial charge in [0, 0.05) is 17.6 Å². The third-order valence-corrected chi connectivity index (χ3v) is 4.40. The molecule has 0 saturated heterocycles. The van der Waals surface area contributed by atoms with Gasteiger partial charge in [0.2, 0.25) is 0 Å². The van der Waals surface area contributed by atoms with E-state index in [1.165, 1.54) is 4.57 Å². The number of aryl methyl sites for hydroxylation is 2. The summed E-state index contributed by atoms with van der Waals surface area (Å²) in [5.74, 6) is -0.942. The van der Waals surface area contributed by atoms with Crippen LogP contribution in [0, 0.1) is 13.8 Å². The summed E-state index contributed by atoms with van der Waals surface area (Å²) in [7, 11) is 0. The first-order valence-corrected chi connectivity index (χ1v) is 8.28. The molecular weight excluding hydrogens is 328 g/mol. The molecule has 0 aliphatic heterocycles. The Labute approximate surface area is 151 Å². The first-order chi connectivity index (χ1) is 12.5. The topological polar surface area (TPSA) is 71.3 Å². The van der Waals surface area contributed by atoms with Gasteiger partial charge in [-0.15, -0.1) is 6.58 Å². The summed E-state index contributed by atoms with van der Waals surface area (Å²) in [5.41, 5.74) is 2.13. The highest BCUT2D eigenvalue weighted by Crippen LogP contribution is 2.28. The van der Waals surface area contributed by atoms with Crippen molar-refractivity contribution < 1.29 is 9.90 Å². The molecule has 0 fully saturated rings. The molecule has 0 spiro atoms. The Balaban J connectivity index is 2.20. The monoisotopic (exact) mass is 348 g/mol. The normalized spacial score (nSPS) is 10.7. The molecule has 1 amide bonds. The maximum absolute atomic E-state index is 12.9. The number of nitrogens with zero attached hydrogens (tertiary/aromatic N) is 1. The average molecular weight is 348 g/mol. The summed E-state index contributed by atoms with van der Waals surface area (Å²) in [6.45, 7) is 7.66. The molecule has 5 heteroatoms. The molecule has 26 heavy (non-hydrogen) atoms. The standard InChI is InChI=1S/C21H20N2O3/c1-4-12-23-16-11-6-5-10-15(16)19(24)17(21(23)26)20(25)22-18-13(2)8-7-9-14(18)3/h4-11,24H,1,12H2,2-3H3,(H,22,25). The van der Waals surface area contributed by atoms with Crippen LogP contribution in [-0.2, 0) is 6.54 Å². The molecule has 0 saturated carbocycles. The second kappa shape index (κ2) is 6.88. The van der Waals surface area contributed by atoms with Crippen molar-refractivity contribution in [2.24, 2.45) is 0 Å². The van der Waals surface area contributed by atoms with E-state index in [-0.39, 0.29) is 17.9 Å². The Hall–Kier alpha value is -3.34. The van der Waals surface area contributed by atoms with Crippen LogP contribution in [-0.4, -0.2) is 15.6 Å². The fourth-order valence-corrected chi connectivity index (χ4v) is 3.09. The molecule has 0 atom stereocenters. The van der Waals surface area contributed by atoms with Crippen molar-refractivity contribution in [3.63, 3.8) is 0 Å². The SMILES string of the molecule is C=CCn1c(=O)c(C(=O)Nc2c(C)cccc2C)c(O)c2ccccc21. The third kappa shape index (κ3) is 2.88.